The molecule has 0 amide bonds. The molecule has 0 radical (unpaired) electrons. The summed E-state index contributed by atoms with van der Waals surface area (Å²) in [4.78, 5) is 0. The Bertz CT molecular complexity index is 727. The quantitative estimate of drug-likeness (QED) is 0.731. The van der Waals surface area contributed by atoms with E-state index in [0.29, 0.717) is 0 Å². The third kappa shape index (κ3) is 1.84. The molecular formula is C17H15N3. The van der Waals surface area contributed by atoms with Crippen LogP contribution < -0.4 is 10.6 Å². The monoisotopic (exact) mass is 261 g/mol. The standard InChI is InChI=1S/C17H15N3/c1-2-10-20(9-1)15-6-3-13(4-7-15)14-5-8-16-17(11-14)19-12-18-16/h1-11,18-19H,12H2. The van der Waals surface area contributed by atoms with Crippen molar-refractivity contribution in [2.45, 2.75) is 0 Å². The summed E-state index contributed by atoms with van der Waals surface area (Å²) in [7, 11) is 0. The first-order valence-electron chi connectivity index (χ1n) is 6.76. The average molecular weight is 261 g/mol. The number of nitrogens with zero attached hydrogens (tertiary/aromatic N) is 1. The summed E-state index contributed by atoms with van der Waals surface area (Å²) in [6, 6.07) is 19.2. The summed E-state index contributed by atoms with van der Waals surface area (Å²) in [5, 5.41) is 6.62. The highest BCUT2D eigenvalue weighted by molar-refractivity contribution is 5.80. The zero-order chi connectivity index (χ0) is 13.4. The fourth-order valence-electron chi connectivity index (χ4n) is 2.59. The van der Waals surface area contributed by atoms with Crippen molar-refractivity contribution in [3.05, 3.63) is 67.0 Å². The zero-order valence-electron chi connectivity index (χ0n) is 11.0. The first kappa shape index (κ1) is 11.2. The summed E-state index contributed by atoms with van der Waals surface area (Å²) in [5.74, 6) is 0. The Hall–Kier alpha value is -2.68. The van der Waals surface area contributed by atoms with Crippen molar-refractivity contribution < 1.29 is 0 Å². The third-order valence-electron chi connectivity index (χ3n) is 3.68. The van der Waals surface area contributed by atoms with Crippen molar-refractivity contribution >= 4 is 11.4 Å². The summed E-state index contributed by atoms with van der Waals surface area (Å²) >= 11 is 0. The van der Waals surface area contributed by atoms with Crippen LogP contribution in [-0.2, 0) is 0 Å². The number of fused-ring (bicyclic) bond motifs is 1. The second-order valence-electron chi connectivity index (χ2n) is 4.93. The van der Waals surface area contributed by atoms with Crippen LogP contribution in [0.3, 0.4) is 0 Å². The van der Waals surface area contributed by atoms with Crippen LogP contribution in [0.1, 0.15) is 0 Å². The van der Waals surface area contributed by atoms with Gasteiger partial charge in [0.15, 0.2) is 0 Å². The molecule has 20 heavy (non-hydrogen) atoms. The second-order valence-corrected chi connectivity index (χ2v) is 4.93. The first-order valence-corrected chi connectivity index (χ1v) is 6.76. The van der Waals surface area contributed by atoms with E-state index in [1.165, 1.54) is 28.2 Å². The van der Waals surface area contributed by atoms with Crippen LogP contribution >= 0.6 is 0 Å². The minimum absolute atomic E-state index is 0.811. The SMILES string of the molecule is c1ccn(-c2ccc(-c3ccc4c(c3)NCN4)cc2)c1. The lowest BCUT2D eigenvalue weighted by Crippen LogP contribution is -1.98. The van der Waals surface area contributed by atoms with E-state index in [2.05, 4.69) is 70.1 Å². The maximum absolute atomic E-state index is 3.33. The van der Waals surface area contributed by atoms with Gasteiger partial charge in [0.25, 0.3) is 0 Å². The molecule has 0 saturated heterocycles. The molecule has 0 fully saturated rings. The Morgan fingerprint density at radius 3 is 2.25 bits per heavy atom. The van der Waals surface area contributed by atoms with Gasteiger partial charge in [0.2, 0.25) is 0 Å². The molecule has 1 aliphatic heterocycles. The first-order chi connectivity index (χ1) is 9.90. The molecule has 98 valence electrons. The molecule has 0 unspecified atom stereocenters. The van der Waals surface area contributed by atoms with E-state index in [4.69, 9.17) is 0 Å². The molecule has 2 N–H and O–H groups in total. The van der Waals surface area contributed by atoms with Crippen LogP contribution in [0.2, 0.25) is 0 Å². The van der Waals surface area contributed by atoms with Gasteiger partial charge in [0.05, 0.1) is 18.0 Å². The van der Waals surface area contributed by atoms with Gasteiger partial charge in [0.1, 0.15) is 0 Å². The fraction of sp³-hybridized carbons (Fsp3) is 0.0588. The summed E-state index contributed by atoms with van der Waals surface area (Å²) in [6.45, 7) is 0.811. The van der Waals surface area contributed by atoms with E-state index >= 15 is 0 Å². The zero-order valence-corrected chi connectivity index (χ0v) is 11.0. The van der Waals surface area contributed by atoms with Gasteiger partial charge in [-0.05, 0) is 47.5 Å². The molecule has 0 bridgehead atoms. The molecule has 3 heteroatoms. The number of aromatic nitrogens is 1. The minimum atomic E-state index is 0.811. The number of rotatable bonds is 2. The fourth-order valence-corrected chi connectivity index (χ4v) is 2.59. The number of benzene rings is 2. The van der Waals surface area contributed by atoms with Gasteiger partial charge < -0.3 is 15.2 Å². The molecule has 3 nitrogen and oxygen atoms in total. The molecule has 1 aromatic heterocycles. The van der Waals surface area contributed by atoms with Crippen molar-refractivity contribution in [1.29, 1.82) is 0 Å². The van der Waals surface area contributed by atoms with E-state index < -0.39 is 0 Å². The highest BCUT2D eigenvalue weighted by Gasteiger charge is 2.09. The van der Waals surface area contributed by atoms with Gasteiger partial charge in [-0.2, -0.15) is 0 Å². The predicted octanol–water partition coefficient (Wildman–Crippen LogP) is 3.94. The lowest BCUT2D eigenvalue weighted by molar-refractivity contribution is 1.08. The third-order valence-corrected chi connectivity index (χ3v) is 3.68. The van der Waals surface area contributed by atoms with Gasteiger partial charge in [-0.15, -0.1) is 0 Å². The van der Waals surface area contributed by atoms with Gasteiger partial charge in [-0.25, -0.2) is 0 Å². The highest BCUT2D eigenvalue weighted by Crippen LogP contribution is 2.31. The van der Waals surface area contributed by atoms with Gasteiger partial charge in [-0.1, -0.05) is 18.2 Å². The van der Waals surface area contributed by atoms with Gasteiger partial charge >= 0.3 is 0 Å². The number of hydrogen-bond acceptors (Lipinski definition) is 2. The lowest BCUT2D eigenvalue weighted by Gasteiger charge is -2.07. The number of nitrogens with one attached hydrogen (secondary N) is 2. The summed E-state index contributed by atoms with van der Waals surface area (Å²) in [5.41, 5.74) is 6.01. The van der Waals surface area contributed by atoms with Crippen molar-refractivity contribution in [2.75, 3.05) is 17.3 Å². The molecular weight excluding hydrogens is 246 g/mol. The van der Waals surface area contributed by atoms with Crippen LogP contribution in [-0.4, -0.2) is 11.2 Å². The van der Waals surface area contributed by atoms with E-state index in [-0.39, 0.29) is 0 Å². The molecule has 0 aliphatic carbocycles. The normalized spacial score (nSPS) is 12.6. The maximum Gasteiger partial charge on any atom is 0.0850 e. The maximum atomic E-state index is 3.33. The minimum Gasteiger partial charge on any atom is -0.366 e. The van der Waals surface area contributed by atoms with Gasteiger partial charge in [0, 0.05) is 18.1 Å². The van der Waals surface area contributed by atoms with Crippen molar-refractivity contribution in [3.8, 4) is 16.8 Å². The van der Waals surface area contributed by atoms with Crippen LogP contribution in [0.5, 0.6) is 0 Å². The summed E-state index contributed by atoms with van der Waals surface area (Å²) < 4.78 is 2.11. The molecule has 2 aromatic carbocycles. The largest absolute Gasteiger partial charge is 0.366 e. The Labute approximate surface area is 117 Å². The smallest absolute Gasteiger partial charge is 0.0850 e. The molecule has 0 atom stereocenters. The Balaban J connectivity index is 1.69. The van der Waals surface area contributed by atoms with Crippen molar-refractivity contribution in [3.63, 3.8) is 0 Å². The van der Waals surface area contributed by atoms with Crippen molar-refractivity contribution in [2.24, 2.45) is 0 Å². The van der Waals surface area contributed by atoms with E-state index in [1.54, 1.807) is 0 Å². The topological polar surface area (TPSA) is 29.0 Å². The highest BCUT2D eigenvalue weighted by atomic mass is 15.1. The lowest BCUT2D eigenvalue weighted by atomic mass is 10.0. The van der Waals surface area contributed by atoms with Crippen LogP contribution in [0, 0.1) is 0 Å². The average Bonchev–Trinajstić information content (AvgIpc) is 3.18. The van der Waals surface area contributed by atoms with E-state index in [1.807, 2.05) is 12.1 Å². The Kier molecular flexibility index (Phi) is 2.49. The number of hydrogen-bond donors (Lipinski definition) is 2. The van der Waals surface area contributed by atoms with Gasteiger partial charge in [-0.3, -0.25) is 0 Å². The summed E-state index contributed by atoms with van der Waals surface area (Å²) in [6.07, 6.45) is 4.11. The molecule has 1 aliphatic rings. The van der Waals surface area contributed by atoms with E-state index in [9.17, 15) is 0 Å². The van der Waals surface area contributed by atoms with Crippen molar-refractivity contribution in [1.82, 2.24) is 4.57 Å². The molecule has 4 rings (SSSR count). The van der Waals surface area contributed by atoms with E-state index in [0.717, 1.165) is 6.67 Å². The van der Waals surface area contributed by atoms with Crippen LogP contribution in [0.15, 0.2) is 67.0 Å². The Morgan fingerprint density at radius 2 is 1.45 bits per heavy atom. The molecule has 0 spiro atoms. The molecule has 0 saturated carbocycles. The second kappa shape index (κ2) is 4.46. The van der Waals surface area contributed by atoms with Crippen LogP contribution in [0.25, 0.3) is 16.8 Å². The van der Waals surface area contributed by atoms with Crippen LogP contribution in [0.4, 0.5) is 11.4 Å². The Morgan fingerprint density at radius 1 is 0.750 bits per heavy atom. The molecule has 2 heterocycles. The number of anilines is 2. The molecule has 3 aromatic rings. The predicted molar refractivity (Wildman–Crippen MR) is 83.3 cm³/mol.